The van der Waals surface area contributed by atoms with Crippen LogP contribution >= 0.6 is 11.6 Å². The molecular weight excluding hydrogens is 378 g/mol. The summed E-state index contributed by atoms with van der Waals surface area (Å²) in [6.07, 6.45) is -0.661. The van der Waals surface area contributed by atoms with Crippen molar-refractivity contribution in [3.63, 3.8) is 0 Å². The van der Waals surface area contributed by atoms with Gasteiger partial charge in [0.25, 0.3) is 5.91 Å². The zero-order valence-corrected chi connectivity index (χ0v) is 17.0. The fourth-order valence-electron chi connectivity index (χ4n) is 2.75. The van der Waals surface area contributed by atoms with E-state index in [9.17, 15) is 4.79 Å². The fourth-order valence-corrected chi connectivity index (χ4v) is 2.97. The summed E-state index contributed by atoms with van der Waals surface area (Å²) < 4.78 is 11.0. The van der Waals surface area contributed by atoms with Gasteiger partial charge < -0.3 is 14.6 Å². The molecule has 3 aromatic rings. The minimum atomic E-state index is -0.661. The number of carbonyl (C=O) groups excluding carboxylic acids is 1. The van der Waals surface area contributed by atoms with Crippen LogP contribution in [0.5, 0.6) is 5.75 Å². The molecule has 0 radical (unpaired) electrons. The van der Waals surface area contributed by atoms with Gasteiger partial charge in [0.1, 0.15) is 5.75 Å². The Morgan fingerprint density at radius 3 is 2.75 bits per heavy atom. The Morgan fingerprint density at radius 1 is 1.25 bits per heavy atom. The van der Waals surface area contributed by atoms with Crippen LogP contribution < -0.4 is 10.1 Å². The molecular formula is C21H22ClN3O3. The Morgan fingerprint density at radius 2 is 2.00 bits per heavy atom. The van der Waals surface area contributed by atoms with E-state index in [1.807, 2.05) is 39.0 Å². The molecule has 0 bridgehead atoms. The standard InChI is InChI=1S/C21H22ClN3O3/c1-12-9-13(2)14(3)18(10-12)27-15(4)21(26)23-11-19-24-20(25-28-19)16-7-5-6-8-17(16)22/h5-10,15H,11H2,1-4H3,(H,23,26). The minimum Gasteiger partial charge on any atom is -0.481 e. The summed E-state index contributed by atoms with van der Waals surface area (Å²) in [5.74, 6) is 1.11. The van der Waals surface area contributed by atoms with E-state index in [0.717, 1.165) is 16.7 Å². The maximum atomic E-state index is 12.4. The summed E-state index contributed by atoms with van der Waals surface area (Å²) in [6, 6.07) is 11.2. The van der Waals surface area contributed by atoms with Crippen molar-refractivity contribution in [2.24, 2.45) is 0 Å². The summed E-state index contributed by atoms with van der Waals surface area (Å²) in [6.45, 7) is 7.80. The number of amides is 1. The van der Waals surface area contributed by atoms with Crippen molar-refractivity contribution >= 4 is 17.5 Å². The van der Waals surface area contributed by atoms with Crippen LogP contribution in [0.25, 0.3) is 11.4 Å². The third kappa shape index (κ3) is 4.51. The second-order valence-electron chi connectivity index (χ2n) is 6.67. The highest BCUT2D eigenvalue weighted by Crippen LogP contribution is 2.25. The molecule has 0 aliphatic rings. The third-order valence-electron chi connectivity index (χ3n) is 4.43. The summed E-state index contributed by atoms with van der Waals surface area (Å²) >= 11 is 6.14. The van der Waals surface area contributed by atoms with Crippen LogP contribution in [-0.4, -0.2) is 22.2 Å². The van der Waals surface area contributed by atoms with Gasteiger partial charge in [0.2, 0.25) is 11.7 Å². The van der Waals surface area contributed by atoms with E-state index in [-0.39, 0.29) is 18.3 Å². The normalized spacial score (nSPS) is 11.9. The lowest BCUT2D eigenvalue weighted by Gasteiger charge is -2.17. The number of carbonyl (C=O) groups is 1. The average molecular weight is 400 g/mol. The Labute approximate surface area is 168 Å². The van der Waals surface area contributed by atoms with Crippen LogP contribution in [0, 0.1) is 20.8 Å². The number of aromatic nitrogens is 2. The molecule has 7 heteroatoms. The molecule has 0 spiro atoms. The maximum Gasteiger partial charge on any atom is 0.261 e. The van der Waals surface area contributed by atoms with Crippen molar-refractivity contribution in [3.05, 3.63) is 64.0 Å². The number of hydrogen-bond donors (Lipinski definition) is 1. The highest BCUT2D eigenvalue weighted by Gasteiger charge is 2.18. The van der Waals surface area contributed by atoms with Crippen molar-refractivity contribution < 1.29 is 14.1 Å². The first-order valence-corrected chi connectivity index (χ1v) is 9.32. The predicted molar refractivity (Wildman–Crippen MR) is 107 cm³/mol. The van der Waals surface area contributed by atoms with Crippen LogP contribution in [0.1, 0.15) is 29.5 Å². The van der Waals surface area contributed by atoms with E-state index in [1.54, 1.807) is 19.1 Å². The van der Waals surface area contributed by atoms with Gasteiger partial charge in [-0.05, 0) is 62.6 Å². The Balaban J connectivity index is 1.61. The zero-order chi connectivity index (χ0) is 20.3. The van der Waals surface area contributed by atoms with Gasteiger partial charge in [-0.25, -0.2) is 0 Å². The lowest BCUT2D eigenvalue weighted by Crippen LogP contribution is -2.36. The summed E-state index contributed by atoms with van der Waals surface area (Å²) in [5, 5.41) is 7.20. The van der Waals surface area contributed by atoms with Gasteiger partial charge in [-0.15, -0.1) is 0 Å². The van der Waals surface area contributed by atoms with Gasteiger partial charge in [-0.2, -0.15) is 4.98 Å². The second kappa shape index (κ2) is 8.44. The Hall–Kier alpha value is -2.86. The molecule has 3 rings (SSSR count). The van der Waals surface area contributed by atoms with E-state index >= 15 is 0 Å². The summed E-state index contributed by atoms with van der Waals surface area (Å²) in [7, 11) is 0. The van der Waals surface area contributed by atoms with E-state index in [1.165, 1.54) is 0 Å². The van der Waals surface area contributed by atoms with Crippen molar-refractivity contribution in [2.75, 3.05) is 0 Å². The number of benzene rings is 2. The zero-order valence-electron chi connectivity index (χ0n) is 16.2. The van der Waals surface area contributed by atoms with Gasteiger partial charge >= 0.3 is 0 Å². The van der Waals surface area contributed by atoms with Gasteiger partial charge in [0, 0.05) is 5.56 Å². The molecule has 0 aliphatic heterocycles. The minimum absolute atomic E-state index is 0.107. The number of hydrogen-bond acceptors (Lipinski definition) is 5. The summed E-state index contributed by atoms with van der Waals surface area (Å²) in [4.78, 5) is 16.7. The molecule has 1 atom stereocenters. The van der Waals surface area contributed by atoms with Gasteiger partial charge in [-0.1, -0.05) is 35.0 Å². The second-order valence-corrected chi connectivity index (χ2v) is 7.08. The molecule has 1 N–H and O–H groups in total. The topological polar surface area (TPSA) is 77.2 Å². The first kappa shape index (κ1) is 19.9. The molecule has 1 heterocycles. The largest absolute Gasteiger partial charge is 0.481 e. The number of halogens is 1. The summed E-state index contributed by atoms with van der Waals surface area (Å²) in [5.41, 5.74) is 3.91. The quantitative estimate of drug-likeness (QED) is 0.664. The van der Waals surface area contributed by atoms with Gasteiger partial charge in [0.05, 0.1) is 11.6 Å². The van der Waals surface area contributed by atoms with Crippen molar-refractivity contribution in [2.45, 2.75) is 40.3 Å². The number of nitrogens with zero attached hydrogens (tertiary/aromatic N) is 2. The van der Waals surface area contributed by atoms with E-state index in [2.05, 4.69) is 21.5 Å². The first-order chi connectivity index (χ1) is 13.3. The number of aryl methyl sites for hydroxylation is 2. The van der Waals surface area contributed by atoms with E-state index in [4.69, 9.17) is 20.9 Å². The molecule has 28 heavy (non-hydrogen) atoms. The Bertz CT molecular complexity index is 1000. The SMILES string of the molecule is Cc1cc(C)c(C)c(OC(C)C(=O)NCc2nc(-c3ccccc3Cl)no2)c1. The molecule has 2 aromatic carbocycles. The van der Waals surface area contributed by atoms with Crippen LogP contribution in [0.2, 0.25) is 5.02 Å². The van der Waals surface area contributed by atoms with Crippen LogP contribution in [0.3, 0.4) is 0 Å². The van der Waals surface area contributed by atoms with Crippen molar-refractivity contribution in [1.82, 2.24) is 15.5 Å². The molecule has 0 aliphatic carbocycles. The highest BCUT2D eigenvalue weighted by atomic mass is 35.5. The highest BCUT2D eigenvalue weighted by molar-refractivity contribution is 6.33. The predicted octanol–water partition coefficient (Wildman–Crippen LogP) is 4.40. The molecule has 0 saturated heterocycles. The molecule has 0 fully saturated rings. The first-order valence-electron chi connectivity index (χ1n) is 8.95. The molecule has 1 amide bonds. The van der Waals surface area contributed by atoms with E-state index < -0.39 is 6.10 Å². The Kier molecular flexibility index (Phi) is 5.99. The third-order valence-corrected chi connectivity index (χ3v) is 4.76. The van der Waals surface area contributed by atoms with Crippen molar-refractivity contribution in [3.8, 4) is 17.1 Å². The van der Waals surface area contributed by atoms with Gasteiger partial charge in [0.15, 0.2) is 6.10 Å². The maximum absolute atomic E-state index is 12.4. The fraction of sp³-hybridized carbons (Fsp3) is 0.286. The van der Waals surface area contributed by atoms with Crippen LogP contribution in [-0.2, 0) is 11.3 Å². The molecule has 0 saturated carbocycles. The smallest absolute Gasteiger partial charge is 0.261 e. The lowest BCUT2D eigenvalue weighted by atomic mass is 10.1. The monoisotopic (exact) mass is 399 g/mol. The molecule has 1 unspecified atom stereocenters. The number of nitrogens with one attached hydrogen (secondary N) is 1. The van der Waals surface area contributed by atoms with Crippen molar-refractivity contribution in [1.29, 1.82) is 0 Å². The lowest BCUT2D eigenvalue weighted by molar-refractivity contribution is -0.127. The number of ether oxygens (including phenoxy) is 1. The van der Waals surface area contributed by atoms with E-state index in [0.29, 0.717) is 22.2 Å². The molecule has 1 aromatic heterocycles. The molecule has 6 nitrogen and oxygen atoms in total. The van der Waals surface area contributed by atoms with Crippen LogP contribution in [0.15, 0.2) is 40.9 Å². The average Bonchev–Trinajstić information content (AvgIpc) is 3.12. The van der Waals surface area contributed by atoms with Crippen LogP contribution in [0.4, 0.5) is 0 Å². The van der Waals surface area contributed by atoms with Gasteiger partial charge in [-0.3, -0.25) is 4.79 Å². The molecule has 146 valence electrons. The number of rotatable bonds is 6.